The number of carbonyl (C=O) groups excluding carboxylic acids is 1. The molecule has 2 heterocycles. The normalized spacial score (nSPS) is 11.0. The molecule has 0 bridgehead atoms. The first-order chi connectivity index (χ1) is 9.88. The summed E-state index contributed by atoms with van der Waals surface area (Å²) in [6, 6.07) is 3.42. The van der Waals surface area contributed by atoms with Crippen molar-refractivity contribution in [1.29, 1.82) is 0 Å². The maximum Gasteiger partial charge on any atom is 0.338 e. The van der Waals surface area contributed by atoms with Gasteiger partial charge in [-0.3, -0.25) is 4.79 Å². The van der Waals surface area contributed by atoms with Crippen molar-refractivity contribution < 1.29 is 19.1 Å². The molecule has 0 aliphatic rings. The second-order valence-corrected chi connectivity index (χ2v) is 6.26. The summed E-state index contributed by atoms with van der Waals surface area (Å²) in [7, 11) is 0. The van der Waals surface area contributed by atoms with Gasteiger partial charge in [0.05, 0.1) is 5.56 Å². The molecular weight excluding hydrogens is 358 g/mol. The van der Waals surface area contributed by atoms with E-state index in [-0.39, 0.29) is 5.56 Å². The Bertz CT molecular complexity index is 729. The Morgan fingerprint density at radius 2 is 2.10 bits per heavy atom. The molecule has 0 aliphatic heterocycles. The van der Waals surface area contributed by atoms with Gasteiger partial charge in [0.2, 0.25) is 5.91 Å². The van der Waals surface area contributed by atoms with Crippen molar-refractivity contribution >= 4 is 50.2 Å². The number of aromatic carboxylic acids is 1. The second kappa shape index (κ2) is 6.28. The van der Waals surface area contributed by atoms with Crippen LogP contribution in [0, 0.1) is 13.8 Å². The smallest absolute Gasteiger partial charge is 0.338 e. The number of thiophene rings is 1. The average molecular weight is 370 g/mol. The van der Waals surface area contributed by atoms with Crippen LogP contribution in [0.1, 0.15) is 26.6 Å². The van der Waals surface area contributed by atoms with Gasteiger partial charge in [-0.05, 0) is 53.5 Å². The summed E-state index contributed by atoms with van der Waals surface area (Å²) in [5.74, 6) is -0.939. The summed E-state index contributed by atoms with van der Waals surface area (Å²) in [4.78, 5) is 23.9. The number of rotatable bonds is 4. The van der Waals surface area contributed by atoms with Gasteiger partial charge < -0.3 is 14.8 Å². The first kappa shape index (κ1) is 15.5. The molecule has 0 atom stereocenters. The van der Waals surface area contributed by atoms with E-state index >= 15 is 0 Å². The quantitative estimate of drug-likeness (QED) is 0.796. The molecule has 2 N–H and O–H groups in total. The zero-order valence-corrected chi connectivity index (χ0v) is 13.7. The Labute approximate surface area is 133 Å². The van der Waals surface area contributed by atoms with E-state index in [2.05, 4.69) is 21.2 Å². The van der Waals surface area contributed by atoms with Gasteiger partial charge in [0.1, 0.15) is 10.8 Å². The molecule has 2 rings (SSSR count). The standard InChI is InChI=1S/C14H12BrNO4S/c1-7-8(2)21-13(12(7)14(18)19)16-11(17)6-4-9-3-5-10(15)20-9/h3-6H,1-2H3,(H,16,17)(H,18,19)/b6-4+. The van der Waals surface area contributed by atoms with E-state index < -0.39 is 11.9 Å². The number of hydrogen-bond donors (Lipinski definition) is 2. The van der Waals surface area contributed by atoms with E-state index in [1.54, 1.807) is 19.1 Å². The number of nitrogens with one attached hydrogen (secondary N) is 1. The highest BCUT2D eigenvalue weighted by Gasteiger charge is 2.19. The van der Waals surface area contributed by atoms with E-state index in [0.717, 1.165) is 4.88 Å². The first-order valence-electron chi connectivity index (χ1n) is 5.96. The fraction of sp³-hybridized carbons (Fsp3) is 0.143. The molecule has 0 aliphatic carbocycles. The van der Waals surface area contributed by atoms with Gasteiger partial charge >= 0.3 is 5.97 Å². The number of amides is 1. The second-order valence-electron chi connectivity index (χ2n) is 4.26. The molecule has 0 fully saturated rings. The third-order valence-corrected chi connectivity index (χ3v) is 4.38. The van der Waals surface area contributed by atoms with Crippen LogP contribution in [0.5, 0.6) is 0 Å². The molecule has 21 heavy (non-hydrogen) atoms. The minimum absolute atomic E-state index is 0.139. The largest absolute Gasteiger partial charge is 0.478 e. The fourth-order valence-corrected chi connectivity index (χ4v) is 3.08. The van der Waals surface area contributed by atoms with E-state index in [1.165, 1.54) is 23.5 Å². The first-order valence-corrected chi connectivity index (χ1v) is 7.57. The predicted molar refractivity (Wildman–Crippen MR) is 84.8 cm³/mol. The average Bonchev–Trinajstić information content (AvgIpc) is 2.92. The molecule has 5 nitrogen and oxygen atoms in total. The van der Waals surface area contributed by atoms with E-state index in [9.17, 15) is 14.7 Å². The maximum atomic E-state index is 11.9. The molecule has 0 saturated carbocycles. The number of carboxylic acids is 1. The van der Waals surface area contributed by atoms with Gasteiger partial charge in [-0.25, -0.2) is 4.79 Å². The molecule has 0 spiro atoms. The number of aryl methyl sites for hydroxylation is 1. The highest BCUT2D eigenvalue weighted by molar-refractivity contribution is 9.10. The molecule has 110 valence electrons. The van der Waals surface area contributed by atoms with Crippen molar-refractivity contribution in [3.05, 3.63) is 44.6 Å². The Morgan fingerprint density at radius 3 is 2.67 bits per heavy atom. The third kappa shape index (κ3) is 3.62. The van der Waals surface area contributed by atoms with Crippen molar-refractivity contribution in [3.8, 4) is 0 Å². The maximum absolute atomic E-state index is 11.9. The topological polar surface area (TPSA) is 79.5 Å². The molecule has 0 unspecified atom stereocenters. The highest BCUT2D eigenvalue weighted by atomic mass is 79.9. The number of furan rings is 1. The van der Waals surface area contributed by atoms with Crippen LogP contribution in [0.2, 0.25) is 0 Å². The Hall–Kier alpha value is -1.86. The van der Waals surface area contributed by atoms with Gasteiger partial charge in [0.15, 0.2) is 4.67 Å². The van der Waals surface area contributed by atoms with E-state index in [4.69, 9.17) is 4.42 Å². The Balaban J connectivity index is 2.15. The van der Waals surface area contributed by atoms with Crippen LogP contribution in [0.25, 0.3) is 6.08 Å². The zero-order chi connectivity index (χ0) is 15.6. The predicted octanol–water partition coefficient (Wildman–Crippen LogP) is 4.07. The van der Waals surface area contributed by atoms with Crippen LogP contribution in [0.4, 0.5) is 5.00 Å². The number of carboxylic acid groups (broad SMARTS) is 1. The van der Waals surface area contributed by atoms with Crippen molar-refractivity contribution in [1.82, 2.24) is 0 Å². The lowest BCUT2D eigenvalue weighted by Crippen LogP contribution is -2.10. The summed E-state index contributed by atoms with van der Waals surface area (Å²) in [6.45, 7) is 3.54. The molecule has 1 amide bonds. The third-order valence-electron chi connectivity index (χ3n) is 2.83. The summed E-state index contributed by atoms with van der Waals surface area (Å²) >= 11 is 4.41. The lowest BCUT2D eigenvalue weighted by Gasteiger charge is -2.01. The van der Waals surface area contributed by atoms with Gasteiger partial charge in [-0.15, -0.1) is 11.3 Å². The molecule has 2 aromatic heterocycles. The number of carbonyl (C=O) groups is 2. The molecule has 2 aromatic rings. The summed E-state index contributed by atoms with van der Waals surface area (Å²) < 4.78 is 5.80. The van der Waals surface area contributed by atoms with Crippen LogP contribution >= 0.6 is 27.3 Å². The monoisotopic (exact) mass is 369 g/mol. The Morgan fingerprint density at radius 1 is 1.38 bits per heavy atom. The molecule has 0 aromatic carbocycles. The van der Waals surface area contributed by atoms with Gasteiger partial charge in [-0.2, -0.15) is 0 Å². The highest BCUT2D eigenvalue weighted by Crippen LogP contribution is 2.32. The Kier molecular flexibility index (Phi) is 4.64. The molecule has 0 saturated heterocycles. The fourth-order valence-electron chi connectivity index (χ4n) is 1.70. The lowest BCUT2D eigenvalue weighted by atomic mass is 10.1. The molecular formula is C14H12BrNO4S. The summed E-state index contributed by atoms with van der Waals surface area (Å²) in [5, 5.41) is 12.1. The molecule has 0 radical (unpaired) electrons. The minimum atomic E-state index is -1.05. The number of hydrogen-bond acceptors (Lipinski definition) is 4. The van der Waals surface area contributed by atoms with Crippen molar-refractivity contribution in [2.75, 3.05) is 5.32 Å². The summed E-state index contributed by atoms with van der Waals surface area (Å²) in [5.41, 5.74) is 0.807. The lowest BCUT2D eigenvalue weighted by molar-refractivity contribution is -0.111. The number of halogens is 1. The molecule has 7 heteroatoms. The van der Waals surface area contributed by atoms with Crippen LogP contribution in [0.3, 0.4) is 0 Å². The zero-order valence-electron chi connectivity index (χ0n) is 11.3. The van der Waals surface area contributed by atoms with Crippen LogP contribution in [0.15, 0.2) is 27.3 Å². The van der Waals surface area contributed by atoms with Gasteiger partial charge in [0.25, 0.3) is 0 Å². The van der Waals surface area contributed by atoms with Crippen LogP contribution in [-0.4, -0.2) is 17.0 Å². The van der Waals surface area contributed by atoms with Crippen molar-refractivity contribution in [3.63, 3.8) is 0 Å². The van der Waals surface area contributed by atoms with Gasteiger partial charge in [-0.1, -0.05) is 0 Å². The van der Waals surface area contributed by atoms with E-state index in [0.29, 0.717) is 21.0 Å². The minimum Gasteiger partial charge on any atom is -0.478 e. The van der Waals surface area contributed by atoms with Crippen molar-refractivity contribution in [2.24, 2.45) is 0 Å². The van der Waals surface area contributed by atoms with Crippen LogP contribution in [-0.2, 0) is 4.79 Å². The van der Waals surface area contributed by atoms with Crippen molar-refractivity contribution in [2.45, 2.75) is 13.8 Å². The summed E-state index contributed by atoms with van der Waals surface area (Å²) in [6.07, 6.45) is 2.80. The van der Waals surface area contributed by atoms with Gasteiger partial charge in [0, 0.05) is 11.0 Å². The van der Waals surface area contributed by atoms with Crippen LogP contribution < -0.4 is 5.32 Å². The van der Waals surface area contributed by atoms with E-state index in [1.807, 2.05) is 6.92 Å². The number of anilines is 1. The SMILES string of the molecule is Cc1sc(NC(=O)/C=C/c2ccc(Br)o2)c(C(=O)O)c1C.